The summed E-state index contributed by atoms with van der Waals surface area (Å²) >= 11 is 0. The van der Waals surface area contributed by atoms with Gasteiger partial charge in [-0.15, -0.1) is 0 Å². The van der Waals surface area contributed by atoms with Gasteiger partial charge in [0.1, 0.15) is 5.75 Å². The number of aryl methyl sites for hydroxylation is 1. The Hall–Kier alpha value is -2.82. The number of carboxylic acids is 1. The zero-order valence-corrected chi connectivity index (χ0v) is 13.6. The van der Waals surface area contributed by atoms with Crippen LogP contribution in [0.2, 0.25) is 0 Å². The fraction of sp³-hybridized carbons (Fsp3) is 0.263. The third-order valence-corrected chi connectivity index (χ3v) is 3.57. The topological polar surface area (TPSA) is 75.6 Å². The maximum Gasteiger partial charge on any atom is 0.303 e. The van der Waals surface area contributed by atoms with Crippen LogP contribution in [0.3, 0.4) is 0 Å². The van der Waals surface area contributed by atoms with Gasteiger partial charge in [0.2, 0.25) is 0 Å². The SMILES string of the molecule is CCc1ccccc1NC(=O)c1ccc(OCCCC(=O)O)cc1. The molecule has 0 radical (unpaired) electrons. The van der Waals surface area contributed by atoms with Gasteiger partial charge in [0.05, 0.1) is 6.61 Å². The molecule has 0 atom stereocenters. The Bertz CT molecular complexity index is 695. The van der Waals surface area contributed by atoms with Crippen LogP contribution in [0.1, 0.15) is 35.7 Å². The highest BCUT2D eigenvalue weighted by Crippen LogP contribution is 2.18. The number of carbonyl (C=O) groups excluding carboxylic acids is 1. The van der Waals surface area contributed by atoms with Gasteiger partial charge in [0.15, 0.2) is 0 Å². The number of hydrogen-bond acceptors (Lipinski definition) is 3. The molecule has 0 aliphatic carbocycles. The summed E-state index contributed by atoms with van der Waals surface area (Å²) in [6, 6.07) is 14.5. The second kappa shape index (κ2) is 8.72. The highest BCUT2D eigenvalue weighted by atomic mass is 16.5. The lowest BCUT2D eigenvalue weighted by molar-refractivity contribution is -0.137. The molecule has 2 rings (SSSR count). The Morgan fingerprint density at radius 1 is 1.08 bits per heavy atom. The number of anilines is 1. The van der Waals surface area contributed by atoms with Gasteiger partial charge < -0.3 is 15.2 Å². The number of rotatable bonds is 8. The molecule has 0 aliphatic heterocycles. The van der Waals surface area contributed by atoms with Gasteiger partial charge in [0.25, 0.3) is 5.91 Å². The van der Waals surface area contributed by atoms with Gasteiger partial charge in [0, 0.05) is 17.7 Å². The molecule has 0 saturated carbocycles. The molecule has 0 saturated heterocycles. The minimum Gasteiger partial charge on any atom is -0.494 e. The first-order valence-corrected chi connectivity index (χ1v) is 7.94. The molecule has 2 N–H and O–H groups in total. The lowest BCUT2D eigenvalue weighted by atomic mass is 10.1. The number of carbonyl (C=O) groups is 2. The minimum absolute atomic E-state index is 0.0807. The highest BCUT2D eigenvalue weighted by Gasteiger charge is 2.08. The number of amides is 1. The molecule has 5 heteroatoms. The summed E-state index contributed by atoms with van der Waals surface area (Å²) < 4.78 is 5.45. The zero-order valence-electron chi connectivity index (χ0n) is 13.6. The van der Waals surface area contributed by atoms with Gasteiger partial charge in [-0.05, 0) is 48.7 Å². The first kappa shape index (κ1) is 17.5. The van der Waals surface area contributed by atoms with Gasteiger partial charge in [-0.25, -0.2) is 0 Å². The van der Waals surface area contributed by atoms with E-state index in [1.807, 2.05) is 31.2 Å². The average Bonchev–Trinajstić information content (AvgIpc) is 2.59. The van der Waals surface area contributed by atoms with E-state index in [2.05, 4.69) is 5.32 Å². The second-order valence-electron chi connectivity index (χ2n) is 5.33. The molecular weight excluding hydrogens is 306 g/mol. The Balaban J connectivity index is 1.92. The predicted octanol–water partition coefficient (Wildman–Crippen LogP) is 3.74. The van der Waals surface area contributed by atoms with Crippen molar-refractivity contribution < 1.29 is 19.4 Å². The van der Waals surface area contributed by atoms with Crippen molar-refractivity contribution in [2.45, 2.75) is 26.2 Å². The van der Waals surface area contributed by atoms with Crippen LogP contribution >= 0.6 is 0 Å². The Labute approximate surface area is 141 Å². The number of ether oxygens (including phenoxy) is 1. The van der Waals surface area contributed by atoms with Crippen molar-refractivity contribution in [2.75, 3.05) is 11.9 Å². The number of benzene rings is 2. The van der Waals surface area contributed by atoms with E-state index in [4.69, 9.17) is 9.84 Å². The van der Waals surface area contributed by atoms with Crippen molar-refractivity contribution >= 4 is 17.6 Å². The Morgan fingerprint density at radius 3 is 2.46 bits per heavy atom. The van der Waals surface area contributed by atoms with Crippen LogP contribution in [0.15, 0.2) is 48.5 Å². The van der Waals surface area contributed by atoms with Crippen molar-refractivity contribution in [3.63, 3.8) is 0 Å². The van der Waals surface area contributed by atoms with Crippen LogP contribution in [0.5, 0.6) is 5.75 Å². The molecule has 24 heavy (non-hydrogen) atoms. The number of para-hydroxylation sites is 1. The quantitative estimate of drug-likeness (QED) is 0.724. The monoisotopic (exact) mass is 327 g/mol. The Morgan fingerprint density at radius 2 is 1.79 bits per heavy atom. The Kier molecular flexibility index (Phi) is 6.37. The largest absolute Gasteiger partial charge is 0.494 e. The summed E-state index contributed by atoms with van der Waals surface area (Å²) in [6.07, 6.45) is 1.38. The van der Waals surface area contributed by atoms with Gasteiger partial charge >= 0.3 is 5.97 Å². The zero-order chi connectivity index (χ0) is 17.4. The van der Waals surface area contributed by atoms with Crippen molar-refractivity contribution in [3.8, 4) is 5.75 Å². The maximum atomic E-state index is 12.3. The van der Waals surface area contributed by atoms with E-state index in [0.717, 1.165) is 17.7 Å². The summed E-state index contributed by atoms with van der Waals surface area (Å²) in [5.74, 6) is -0.391. The van der Waals surface area contributed by atoms with Gasteiger partial charge in [-0.2, -0.15) is 0 Å². The van der Waals surface area contributed by atoms with Crippen LogP contribution in [0.25, 0.3) is 0 Å². The van der Waals surface area contributed by atoms with Crippen LogP contribution in [0, 0.1) is 0 Å². The van der Waals surface area contributed by atoms with E-state index in [1.165, 1.54) is 0 Å². The van der Waals surface area contributed by atoms with Gasteiger partial charge in [-0.3, -0.25) is 9.59 Å². The summed E-state index contributed by atoms with van der Waals surface area (Å²) in [5.41, 5.74) is 2.45. The lowest BCUT2D eigenvalue weighted by Gasteiger charge is -2.10. The van der Waals surface area contributed by atoms with E-state index in [9.17, 15) is 9.59 Å². The van der Waals surface area contributed by atoms with Crippen LogP contribution in [0.4, 0.5) is 5.69 Å². The number of nitrogens with one attached hydrogen (secondary N) is 1. The predicted molar refractivity (Wildman–Crippen MR) is 92.6 cm³/mol. The molecule has 0 heterocycles. The number of aliphatic carboxylic acids is 1. The van der Waals surface area contributed by atoms with E-state index in [1.54, 1.807) is 24.3 Å². The standard InChI is InChI=1S/C19H21NO4/c1-2-14-6-3-4-7-17(14)20-19(23)15-9-11-16(12-10-15)24-13-5-8-18(21)22/h3-4,6-7,9-12H,2,5,8,13H2,1H3,(H,20,23)(H,21,22). The van der Waals surface area contributed by atoms with E-state index in [0.29, 0.717) is 24.3 Å². The molecule has 0 spiro atoms. The molecule has 2 aromatic rings. The van der Waals surface area contributed by atoms with E-state index in [-0.39, 0.29) is 12.3 Å². The van der Waals surface area contributed by atoms with Crippen molar-refractivity contribution in [1.82, 2.24) is 0 Å². The molecule has 1 amide bonds. The molecule has 0 aromatic heterocycles. The number of carboxylic acid groups (broad SMARTS) is 1. The molecule has 0 bridgehead atoms. The summed E-state index contributed by atoms with van der Waals surface area (Å²) in [4.78, 5) is 22.7. The fourth-order valence-electron chi connectivity index (χ4n) is 2.26. The fourth-order valence-corrected chi connectivity index (χ4v) is 2.26. The third-order valence-electron chi connectivity index (χ3n) is 3.57. The molecular formula is C19H21NO4. The first-order valence-electron chi connectivity index (χ1n) is 7.94. The number of hydrogen-bond donors (Lipinski definition) is 2. The summed E-state index contributed by atoms with van der Waals surface area (Å²) in [6.45, 7) is 2.38. The maximum absolute atomic E-state index is 12.3. The van der Waals surface area contributed by atoms with Crippen molar-refractivity contribution in [3.05, 3.63) is 59.7 Å². The van der Waals surface area contributed by atoms with Crippen LogP contribution in [-0.2, 0) is 11.2 Å². The average molecular weight is 327 g/mol. The molecule has 0 unspecified atom stereocenters. The van der Waals surface area contributed by atoms with Crippen molar-refractivity contribution in [1.29, 1.82) is 0 Å². The van der Waals surface area contributed by atoms with Crippen molar-refractivity contribution in [2.24, 2.45) is 0 Å². The summed E-state index contributed by atoms with van der Waals surface area (Å²) in [5, 5.41) is 11.5. The molecule has 2 aromatic carbocycles. The second-order valence-corrected chi connectivity index (χ2v) is 5.33. The molecule has 0 fully saturated rings. The van der Waals surface area contributed by atoms with Gasteiger partial charge in [-0.1, -0.05) is 25.1 Å². The van der Waals surface area contributed by atoms with Crippen LogP contribution in [-0.4, -0.2) is 23.6 Å². The lowest BCUT2D eigenvalue weighted by Crippen LogP contribution is -2.13. The first-order chi connectivity index (χ1) is 11.6. The smallest absolute Gasteiger partial charge is 0.303 e. The molecule has 5 nitrogen and oxygen atoms in total. The normalized spacial score (nSPS) is 10.2. The van der Waals surface area contributed by atoms with E-state index >= 15 is 0 Å². The molecule has 0 aliphatic rings. The summed E-state index contributed by atoms with van der Waals surface area (Å²) in [7, 11) is 0. The highest BCUT2D eigenvalue weighted by molar-refractivity contribution is 6.04. The van der Waals surface area contributed by atoms with E-state index < -0.39 is 5.97 Å². The minimum atomic E-state index is -0.835. The van der Waals surface area contributed by atoms with Crippen LogP contribution < -0.4 is 10.1 Å². The molecule has 126 valence electrons. The third kappa shape index (κ3) is 5.12.